The molecule has 2 rings (SSSR count). The summed E-state index contributed by atoms with van der Waals surface area (Å²) in [7, 11) is 2.96. The molecule has 0 aliphatic carbocycles. The molecular formula is C23H31ClFN3O5S. The highest BCUT2D eigenvalue weighted by Gasteiger charge is 2.38. The first-order valence-corrected chi connectivity index (χ1v) is 11.1. The van der Waals surface area contributed by atoms with Crippen LogP contribution in [0.4, 0.5) is 4.39 Å². The number of carboxylic acid groups (broad SMARTS) is 1. The van der Waals surface area contributed by atoms with Gasteiger partial charge in [0.15, 0.2) is 11.6 Å². The van der Waals surface area contributed by atoms with E-state index in [0.717, 1.165) is 28.5 Å². The van der Waals surface area contributed by atoms with Crippen molar-refractivity contribution in [3.63, 3.8) is 0 Å². The highest BCUT2D eigenvalue weighted by Crippen LogP contribution is 2.35. The first-order chi connectivity index (χ1) is 15.7. The number of amides is 1. The standard InChI is InChI=1S/C22H25FN2O5S.CH5N.ClH/c1-4-22(5-2,21(29)25(3)13-19(26)27)11-15-7-9-18(31-15)20(28)30-17-8-6-14(12-24)10-16(17)23;1-2;/h6-10,12,24H,4-5,11,13H2,1-3H3,(H,26,27);2H2,1H3;1H. The minimum atomic E-state index is -1.08. The molecule has 0 aliphatic heterocycles. The number of nitrogens with one attached hydrogen (secondary N) is 1. The Balaban J connectivity index is 0.00000353. The van der Waals surface area contributed by atoms with Crippen molar-refractivity contribution < 1.29 is 28.6 Å². The molecule has 0 spiro atoms. The maximum absolute atomic E-state index is 14.0. The van der Waals surface area contributed by atoms with Crippen LogP contribution in [-0.4, -0.2) is 54.7 Å². The number of hydrogen-bond acceptors (Lipinski definition) is 7. The maximum Gasteiger partial charge on any atom is 0.353 e. The molecule has 1 heterocycles. The zero-order chi connectivity index (χ0) is 25.2. The summed E-state index contributed by atoms with van der Waals surface area (Å²) < 4.78 is 19.2. The smallest absolute Gasteiger partial charge is 0.353 e. The summed E-state index contributed by atoms with van der Waals surface area (Å²) >= 11 is 1.15. The van der Waals surface area contributed by atoms with Gasteiger partial charge in [-0.05, 0) is 62.2 Å². The topological polar surface area (TPSA) is 134 Å². The number of likely N-dealkylation sites (N-methyl/N-ethyl adjacent to an activating group) is 1. The van der Waals surface area contributed by atoms with Crippen LogP contribution in [0, 0.1) is 16.6 Å². The second-order valence-electron chi connectivity index (χ2n) is 7.21. The lowest BCUT2D eigenvalue weighted by molar-refractivity contribution is -0.149. The number of thiophene rings is 1. The molecule has 1 aromatic carbocycles. The number of nitrogens with zero attached hydrogens (tertiary/aromatic N) is 1. The van der Waals surface area contributed by atoms with Crippen LogP contribution in [0.1, 0.15) is 46.8 Å². The predicted octanol–water partition coefficient (Wildman–Crippen LogP) is 3.99. The van der Waals surface area contributed by atoms with Gasteiger partial charge in [-0.1, -0.05) is 13.8 Å². The SMILES string of the molecule is CCC(CC)(Cc1ccc(C(=O)Oc2ccc(C=N)cc2F)s1)C(=O)N(C)CC(=O)O.CN.Cl. The lowest BCUT2D eigenvalue weighted by atomic mass is 9.77. The van der Waals surface area contributed by atoms with Crippen LogP contribution in [0.2, 0.25) is 0 Å². The number of ether oxygens (including phenoxy) is 1. The van der Waals surface area contributed by atoms with Crippen LogP contribution in [0.25, 0.3) is 0 Å². The van der Waals surface area contributed by atoms with Crippen molar-refractivity contribution in [3.8, 4) is 5.75 Å². The lowest BCUT2D eigenvalue weighted by Crippen LogP contribution is -2.44. The Morgan fingerprint density at radius 2 is 1.82 bits per heavy atom. The van der Waals surface area contributed by atoms with E-state index in [-0.39, 0.29) is 35.5 Å². The second kappa shape index (κ2) is 14.4. The molecule has 2 aromatic rings. The molecule has 0 saturated heterocycles. The minimum absolute atomic E-state index is 0. The molecule has 188 valence electrons. The number of aliphatic carboxylic acids is 1. The van der Waals surface area contributed by atoms with Crippen LogP contribution < -0.4 is 10.5 Å². The fraction of sp³-hybridized carbons (Fsp3) is 0.391. The molecule has 0 bridgehead atoms. The summed E-state index contributed by atoms with van der Waals surface area (Å²) in [5, 5.41) is 16.1. The average molecular weight is 516 g/mol. The van der Waals surface area contributed by atoms with Crippen molar-refractivity contribution in [2.75, 3.05) is 20.6 Å². The van der Waals surface area contributed by atoms with Crippen molar-refractivity contribution in [2.45, 2.75) is 33.1 Å². The first-order valence-electron chi connectivity index (χ1n) is 10.3. The van der Waals surface area contributed by atoms with E-state index in [2.05, 4.69) is 5.73 Å². The highest BCUT2D eigenvalue weighted by molar-refractivity contribution is 7.14. The molecule has 4 N–H and O–H groups in total. The third-order valence-corrected chi connectivity index (χ3v) is 6.29. The number of benzene rings is 1. The monoisotopic (exact) mass is 515 g/mol. The van der Waals surface area contributed by atoms with Gasteiger partial charge < -0.3 is 25.9 Å². The Morgan fingerprint density at radius 3 is 2.32 bits per heavy atom. The molecule has 1 aromatic heterocycles. The first kappa shape index (κ1) is 31.2. The van der Waals surface area contributed by atoms with E-state index in [4.69, 9.17) is 15.3 Å². The van der Waals surface area contributed by atoms with E-state index in [1.807, 2.05) is 13.8 Å². The zero-order valence-corrected chi connectivity index (χ0v) is 21.2. The number of esters is 1. The minimum Gasteiger partial charge on any atom is -0.480 e. The summed E-state index contributed by atoms with van der Waals surface area (Å²) in [6, 6.07) is 7.15. The van der Waals surface area contributed by atoms with E-state index in [9.17, 15) is 18.8 Å². The number of hydrogen-bond donors (Lipinski definition) is 3. The van der Waals surface area contributed by atoms with Crippen LogP contribution in [0.3, 0.4) is 0 Å². The van der Waals surface area contributed by atoms with E-state index < -0.39 is 23.2 Å². The van der Waals surface area contributed by atoms with Gasteiger partial charge in [0, 0.05) is 18.1 Å². The van der Waals surface area contributed by atoms with Crippen LogP contribution in [0.5, 0.6) is 5.75 Å². The van der Waals surface area contributed by atoms with Crippen LogP contribution >= 0.6 is 23.7 Å². The van der Waals surface area contributed by atoms with Crippen molar-refractivity contribution in [2.24, 2.45) is 11.1 Å². The molecule has 0 unspecified atom stereocenters. The number of rotatable bonds is 10. The number of halogens is 2. The van der Waals surface area contributed by atoms with Gasteiger partial charge in [-0.3, -0.25) is 9.59 Å². The van der Waals surface area contributed by atoms with E-state index >= 15 is 0 Å². The van der Waals surface area contributed by atoms with Gasteiger partial charge in [0.05, 0.1) is 5.41 Å². The largest absolute Gasteiger partial charge is 0.480 e. The Kier molecular flexibility index (Phi) is 13.2. The summed E-state index contributed by atoms with van der Waals surface area (Å²) in [5.74, 6) is -3.03. The molecule has 34 heavy (non-hydrogen) atoms. The summed E-state index contributed by atoms with van der Waals surface area (Å²) in [6.07, 6.45) is 2.36. The van der Waals surface area contributed by atoms with Gasteiger partial charge in [-0.2, -0.15) is 0 Å². The molecule has 0 fully saturated rings. The number of nitrogens with two attached hydrogens (primary N) is 1. The summed E-state index contributed by atoms with van der Waals surface area (Å²) in [4.78, 5) is 38.6. The van der Waals surface area contributed by atoms with E-state index in [0.29, 0.717) is 24.8 Å². The molecule has 0 saturated carbocycles. The molecule has 0 atom stereocenters. The molecule has 11 heteroatoms. The Labute approximate surface area is 208 Å². The Hall–Kier alpha value is -2.82. The van der Waals surface area contributed by atoms with Gasteiger partial charge in [0.1, 0.15) is 11.4 Å². The molecule has 1 amide bonds. The number of carbonyl (C=O) groups is 3. The fourth-order valence-electron chi connectivity index (χ4n) is 3.31. The average Bonchev–Trinajstić information content (AvgIpc) is 3.27. The molecule has 8 nitrogen and oxygen atoms in total. The third-order valence-electron chi connectivity index (χ3n) is 5.23. The predicted molar refractivity (Wildman–Crippen MR) is 133 cm³/mol. The van der Waals surface area contributed by atoms with Gasteiger partial charge in [0.2, 0.25) is 5.91 Å². The molecule has 0 aliphatic rings. The number of carbonyl (C=O) groups excluding carboxylic acids is 2. The van der Waals surface area contributed by atoms with Crippen LogP contribution in [0.15, 0.2) is 30.3 Å². The fourth-order valence-corrected chi connectivity index (χ4v) is 4.34. The highest BCUT2D eigenvalue weighted by atomic mass is 35.5. The summed E-state index contributed by atoms with van der Waals surface area (Å²) in [5.41, 5.74) is 4.06. The van der Waals surface area contributed by atoms with Gasteiger partial charge in [0.25, 0.3) is 0 Å². The summed E-state index contributed by atoms with van der Waals surface area (Å²) in [6.45, 7) is 3.37. The lowest BCUT2D eigenvalue weighted by Gasteiger charge is -2.33. The van der Waals surface area contributed by atoms with E-state index in [1.165, 1.54) is 31.1 Å². The van der Waals surface area contributed by atoms with Crippen molar-refractivity contribution in [1.29, 1.82) is 5.41 Å². The number of carboxylic acids is 1. The Morgan fingerprint density at radius 1 is 1.21 bits per heavy atom. The van der Waals surface area contributed by atoms with Crippen molar-refractivity contribution in [1.82, 2.24) is 4.90 Å². The van der Waals surface area contributed by atoms with Gasteiger partial charge in [-0.15, -0.1) is 23.7 Å². The third kappa shape index (κ3) is 7.89. The Bertz CT molecular complexity index is 995. The zero-order valence-electron chi connectivity index (χ0n) is 19.6. The molecular weight excluding hydrogens is 485 g/mol. The maximum atomic E-state index is 14.0. The van der Waals surface area contributed by atoms with Crippen molar-refractivity contribution in [3.05, 3.63) is 51.5 Å². The van der Waals surface area contributed by atoms with E-state index in [1.54, 1.807) is 12.1 Å². The van der Waals surface area contributed by atoms with Gasteiger partial charge in [-0.25, -0.2) is 9.18 Å². The van der Waals surface area contributed by atoms with Gasteiger partial charge >= 0.3 is 11.9 Å². The van der Waals surface area contributed by atoms with Crippen molar-refractivity contribution >= 4 is 47.8 Å². The quantitative estimate of drug-likeness (QED) is 0.249. The normalized spacial score (nSPS) is 10.3. The second-order valence-corrected chi connectivity index (χ2v) is 8.38. The molecule has 0 radical (unpaired) electrons. The van der Waals surface area contributed by atoms with Crippen LogP contribution in [-0.2, 0) is 16.0 Å².